The Hall–Kier alpha value is -3.29. The summed E-state index contributed by atoms with van der Waals surface area (Å²) in [4.78, 5) is 0. The summed E-state index contributed by atoms with van der Waals surface area (Å²) in [6.45, 7) is 0. The second-order valence-corrected chi connectivity index (χ2v) is 3.60. The third kappa shape index (κ3) is 3.60. The average Bonchev–Trinajstić information content (AvgIpc) is 2.51. The predicted molar refractivity (Wildman–Crippen MR) is 74.4 cm³/mol. The van der Waals surface area contributed by atoms with Crippen LogP contribution in [0.15, 0.2) is 59.9 Å². The molecule has 0 N–H and O–H groups in total. The van der Waals surface area contributed by atoms with E-state index in [9.17, 15) is 5.26 Å². The highest BCUT2D eigenvalue weighted by Gasteiger charge is 2.13. The molecule has 0 amide bonds. The van der Waals surface area contributed by atoms with Crippen LogP contribution in [0.4, 0.5) is 0 Å². The topological polar surface area (TPSA) is 80.6 Å². The lowest BCUT2D eigenvalue weighted by Crippen LogP contribution is -1.92. The van der Waals surface area contributed by atoms with Gasteiger partial charge in [-0.2, -0.15) is 15.8 Å². The van der Waals surface area contributed by atoms with Crippen molar-refractivity contribution in [3.63, 3.8) is 0 Å². The quantitative estimate of drug-likeness (QED) is 0.474. The van der Waals surface area contributed by atoms with E-state index in [1.54, 1.807) is 24.3 Å². The van der Waals surface area contributed by atoms with Crippen LogP contribution in [-0.4, -0.2) is 7.11 Å². The number of nitrogens with zero attached hydrogens (tertiary/aromatic N) is 3. The zero-order valence-electron chi connectivity index (χ0n) is 10.9. The Morgan fingerprint density at radius 3 is 2.20 bits per heavy atom. The Kier molecular flexibility index (Phi) is 5.85. The largest absolute Gasteiger partial charge is 0.504 e. The van der Waals surface area contributed by atoms with Crippen LogP contribution < -0.4 is 0 Å². The van der Waals surface area contributed by atoms with Crippen molar-refractivity contribution in [3.05, 3.63) is 65.5 Å². The third-order valence-corrected chi connectivity index (χ3v) is 2.40. The Labute approximate surface area is 117 Å². The number of ether oxygens (including phenoxy) is 1. The molecule has 0 saturated carbocycles. The summed E-state index contributed by atoms with van der Waals surface area (Å²) >= 11 is 0. The number of nitriles is 3. The van der Waals surface area contributed by atoms with Gasteiger partial charge in [0.15, 0.2) is 0 Å². The maximum atomic E-state index is 9.25. The van der Waals surface area contributed by atoms with Crippen molar-refractivity contribution in [2.45, 2.75) is 0 Å². The molecule has 0 aliphatic heterocycles. The number of hydrogen-bond acceptors (Lipinski definition) is 4. The number of allylic oxidation sites excluding steroid dienone is 5. The first-order valence-corrected chi connectivity index (χ1v) is 5.68. The highest BCUT2D eigenvalue weighted by Crippen LogP contribution is 2.26. The van der Waals surface area contributed by atoms with Crippen molar-refractivity contribution in [1.82, 2.24) is 0 Å². The summed E-state index contributed by atoms with van der Waals surface area (Å²) in [5.74, 6) is 0. The van der Waals surface area contributed by atoms with E-state index >= 15 is 0 Å². The first kappa shape index (κ1) is 14.8. The maximum Gasteiger partial charge on any atom is 0.138 e. The molecule has 0 spiro atoms. The summed E-state index contributed by atoms with van der Waals surface area (Å²) in [5.41, 5.74) is 1.08. The molecule has 4 nitrogen and oxygen atoms in total. The van der Waals surface area contributed by atoms with Crippen molar-refractivity contribution in [3.8, 4) is 18.2 Å². The Bertz CT molecular complexity index is 661. The predicted octanol–water partition coefficient (Wildman–Crippen LogP) is 3.10. The Balaban J connectivity index is 3.50. The van der Waals surface area contributed by atoms with E-state index in [-0.39, 0.29) is 11.1 Å². The summed E-state index contributed by atoms with van der Waals surface area (Å²) < 4.78 is 4.75. The van der Waals surface area contributed by atoms with Crippen LogP contribution in [0.5, 0.6) is 0 Å². The summed E-state index contributed by atoms with van der Waals surface area (Å²) in [7, 11) is 1.49. The van der Waals surface area contributed by atoms with Crippen LogP contribution in [0.3, 0.4) is 0 Å². The van der Waals surface area contributed by atoms with Gasteiger partial charge in [0, 0.05) is 5.57 Å². The minimum atomic E-state index is -0.102. The van der Waals surface area contributed by atoms with E-state index in [1.165, 1.54) is 25.5 Å². The molecule has 0 fully saturated rings. The fraction of sp³-hybridized carbons (Fsp3) is 0.0625. The molecule has 0 atom stereocenters. The lowest BCUT2D eigenvalue weighted by atomic mass is 9.94. The fourth-order valence-corrected chi connectivity index (χ4v) is 1.57. The van der Waals surface area contributed by atoms with Crippen molar-refractivity contribution >= 4 is 5.57 Å². The van der Waals surface area contributed by atoms with Gasteiger partial charge in [-0.15, -0.1) is 0 Å². The Morgan fingerprint density at radius 1 is 1.05 bits per heavy atom. The van der Waals surface area contributed by atoms with Gasteiger partial charge < -0.3 is 4.74 Å². The summed E-state index contributed by atoms with van der Waals surface area (Å²) in [6.07, 6.45) is 4.44. The fourth-order valence-electron chi connectivity index (χ4n) is 1.57. The molecule has 0 saturated heterocycles. The van der Waals surface area contributed by atoms with E-state index in [0.29, 0.717) is 11.1 Å². The van der Waals surface area contributed by atoms with Crippen LogP contribution in [0, 0.1) is 34.0 Å². The molecule has 0 aliphatic rings. The summed E-state index contributed by atoms with van der Waals surface area (Å²) in [5, 5.41) is 27.4. The molecular formula is C16H11N3O. The number of hydrogen-bond donors (Lipinski definition) is 0. The van der Waals surface area contributed by atoms with E-state index in [4.69, 9.17) is 15.3 Å². The van der Waals surface area contributed by atoms with Gasteiger partial charge in [0.05, 0.1) is 25.0 Å². The minimum absolute atomic E-state index is 0.102. The first-order valence-electron chi connectivity index (χ1n) is 5.68. The van der Waals surface area contributed by atoms with Gasteiger partial charge in [-0.05, 0) is 17.7 Å². The van der Waals surface area contributed by atoms with Gasteiger partial charge >= 0.3 is 0 Å². The molecule has 1 aromatic carbocycles. The van der Waals surface area contributed by atoms with E-state index < -0.39 is 0 Å². The molecule has 1 aromatic rings. The second kappa shape index (κ2) is 7.93. The molecule has 1 rings (SSSR count). The smallest absolute Gasteiger partial charge is 0.138 e. The third-order valence-electron chi connectivity index (χ3n) is 2.40. The molecule has 96 valence electrons. The van der Waals surface area contributed by atoms with Gasteiger partial charge in [-0.1, -0.05) is 30.3 Å². The monoisotopic (exact) mass is 261 g/mol. The van der Waals surface area contributed by atoms with Crippen LogP contribution in [0.2, 0.25) is 0 Å². The number of benzene rings is 1. The molecule has 0 bridgehead atoms. The van der Waals surface area contributed by atoms with Crippen molar-refractivity contribution in [2.24, 2.45) is 0 Å². The molecule has 0 radical (unpaired) electrons. The van der Waals surface area contributed by atoms with Crippen molar-refractivity contribution < 1.29 is 4.74 Å². The van der Waals surface area contributed by atoms with Crippen LogP contribution in [-0.2, 0) is 4.74 Å². The average molecular weight is 261 g/mol. The normalized spacial score (nSPS) is 10.2. The molecule has 0 aromatic heterocycles. The second-order valence-electron chi connectivity index (χ2n) is 3.60. The molecule has 0 heterocycles. The van der Waals surface area contributed by atoms with Gasteiger partial charge in [0.2, 0.25) is 0 Å². The van der Waals surface area contributed by atoms with E-state index in [2.05, 4.69) is 0 Å². The Morgan fingerprint density at radius 2 is 1.70 bits per heavy atom. The standard InChI is InChI=1S/C16H11N3O/c1-20-9-5-8-14(10-17)16(15(11-18)12-19)13-6-3-2-4-7-13/h2-9H,1H3. The van der Waals surface area contributed by atoms with Gasteiger partial charge in [-0.25, -0.2) is 0 Å². The first-order chi connectivity index (χ1) is 9.78. The molecule has 0 aliphatic carbocycles. The SMILES string of the molecule is COC=CC=C(C#N)C(=C(C#N)C#N)c1ccccc1. The van der Waals surface area contributed by atoms with E-state index in [0.717, 1.165) is 0 Å². The minimum Gasteiger partial charge on any atom is -0.504 e. The highest BCUT2D eigenvalue weighted by molar-refractivity contribution is 5.89. The van der Waals surface area contributed by atoms with Crippen molar-refractivity contribution in [2.75, 3.05) is 7.11 Å². The van der Waals surface area contributed by atoms with Crippen molar-refractivity contribution in [1.29, 1.82) is 15.8 Å². The lowest BCUT2D eigenvalue weighted by Gasteiger charge is -2.06. The van der Waals surface area contributed by atoms with E-state index in [1.807, 2.05) is 24.3 Å². The van der Waals surface area contributed by atoms with Gasteiger partial charge in [-0.3, -0.25) is 0 Å². The maximum absolute atomic E-state index is 9.25. The van der Waals surface area contributed by atoms with Gasteiger partial charge in [0.25, 0.3) is 0 Å². The number of methoxy groups -OCH3 is 1. The molecule has 20 heavy (non-hydrogen) atoms. The zero-order chi connectivity index (χ0) is 14.8. The highest BCUT2D eigenvalue weighted by atomic mass is 16.5. The number of rotatable bonds is 4. The molecular weight excluding hydrogens is 250 g/mol. The zero-order valence-corrected chi connectivity index (χ0v) is 10.9. The lowest BCUT2D eigenvalue weighted by molar-refractivity contribution is 0.338. The van der Waals surface area contributed by atoms with Crippen LogP contribution >= 0.6 is 0 Å². The molecule has 4 heteroatoms. The van der Waals surface area contributed by atoms with Crippen LogP contribution in [0.25, 0.3) is 5.57 Å². The van der Waals surface area contributed by atoms with Crippen LogP contribution in [0.1, 0.15) is 5.56 Å². The molecule has 0 unspecified atom stereocenters. The summed E-state index contributed by atoms with van der Waals surface area (Å²) in [6, 6.07) is 14.5. The van der Waals surface area contributed by atoms with Gasteiger partial charge in [0.1, 0.15) is 17.7 Å².